The highest BCUT2D eigenvalue weighted by Crippen LogP contribution is 2.20. The molecule has 0 bridgehead atoms. The molecule has 1 aromatic rings. The summed E-state index contributed by atoms with van der Waals surface area (Å²) in [6.45, 7) is 0.790. The molecule has 2 rings (SSSR count). The normalized spacial score (nSPS) is 23.1. The first kappa shape index (κ1) is 13.1. The van der Waals surface area contributed by atoms with Crippen molar-refractivity contribution in [3.63, 3.8) is 0 Å². The minimum atomic E-state index is -1.43. The number of hydrogen-bond donors (Lipinski definition) is 3. The third kappa shape index (κ3) is 3.09. The van der Waals surface area contributed by atoms with Crippen LogP contribution < -0.4 is 10.4 Å². The Hall–Kier alpha value is -1.38. The van der Waals surface area contributed by atoms with Gasteiger partial charge in [0, 0.05) is 23.8 Å². The van der Waals surface area contributed by atoms with E-state index in [-0.39, 0.29) is 0 Å². The van der Waals surface area contributed by atoms with E-state index in [0.29, 0.717) is 13.1 Å². The SMILES string of the molecule is O=C(O)ON[C@@H]1CN(c2ccc(Br)cn2)C[C@@H]1O. The summed E-state index contributed by atoms with van der Waals surface area (Å²) >= 11 is 3.29. The van der Waals surface area contributed by atoms with E-state index in [1.807, 2.05) is 17.0 Å². The van der Waals surface area contributed by atoms with Crippen LogP contribution in [0.5, 0.6) is 0 Å². The van der Waals surface area contributed by atoms with Crippen LogP contribution >= 0.6 is 15.9 Å². The molecule has 3 N–H and O–H groups in total. The van der Waals surface area contributed by atoms with Crippen LogP contribution in [0, 0.1) is 0 Å². The lowest BCUT2D eigenvalue weighted by atomic mass is 10.2. The molecule has 1 saturated heterocycles. The van der Waals surface area contributed by atoms with E-state index in [1.54, 1.807) is 6.20 Å². The van der Waals surface area contributed by atoms with Crippen LogP contribution in [0.25, 0.3) is 0 Å². The molecule has 0 saturated carbocycles. The molecule has 1 aromatic heterocycles. The highest BCUT2D eigenvalue weighted by Gasteiger charge is 2.33. The maximum absolute atomic E-state index is 10.3. The van der Waals surface area contributed by atoms with Gasteiger partial charge in [0.1, 0.15) is 5.82 Å². The number of carbonyl (C=O) groups is 1. The molecule has 2 atom stereocenters. The van der Waals surface area contributed by atoms with Gasteiger partial charge in [-0.1, -0.05) is 0 Å². The van der Waals surface area contributed by atoms with Crippen molar-refractivity contribution < 1.29 is 19.8 Å². The number of hydrogen-bond acceptors (Lipinski definition) is 6. The van der Waals surface area contributed by atoms with Gasteiger partial charge in [-0.05, 0) is 28.1 Å². The number of aliphatic hydroxyl groups excluding tert-OH is 1. The van der Waals surface area contributed by atoms with Crippen molar-refractivity contribution in [1.82, 2.24) is 10.5 Å². The molecular formula is C10H12BrN3O4. The second kappa shape index (κ2) is 5.51. The predicted octanol–water partition coefficient (Wildman–Crippen LogP) is 0.593. The number of hydroxylamine groups is 1. The average molecular weight is 318 g/mol. The van der Waals surface area contributed by atoms with Crippen LogP contribution in [0.3, 0.4) is 0 Å². The zero-order valence-electron chi connectivity index (χ0n) is 9.28. The third-order valence-corrected chi connectivity index (χ3v) is 3.09. The first-order valence-corrected chi connectivity index (χ1v) is 6.05. The van der Waals surface area contributed by atoms with Crippen molar-refractivity contribution >= 4 is 27.9 Å². The molecule has 98 valence electrons. The second-order valence-corrected chi connectivity index (χ2v) is 4.81. The lowest BCUT2D eigenvalue weighted by Crippen LogP contribution is -2.40. The van der Waals surface area contributed by atoms with Gasteiger partial charge in [-0.3, -0.25) is 0 Å². The van der Waals surface area contributed by atoms with Gasteiger partial charge in [-0.15, -0.1) is 5.48 Å². The molecule has 2 heterocycles. The van der Waals surface area contributed by atoms with Crippen LogP contribution in [0.4, 0.5) is 10.6 Å². The van der Waals surface area contributed by atoms with E-state index in [9.17, 15) is 9.90 Å². The van der Waals surface area contributed by atoms with Crippen LogP contribution in [0.15, 0.2) is 22.8 Å². The fraction of sp³-hybridized carbons (Fsp3) is 0.400. The van der Waals surface area contributed by atoms with Crippen LogP contribution in [-0.4, -0.2) is 46.6 Å². The van der Waals surface area contributed by atoms with Crippen molar-refractivity contribution in [2.75, 3.05) is 18.0 Å². The number of anilines is 1. The third-order valence-electron chi connectivity index (χ3n) is 2.62. The van der Waals surface area contributed by atoms with Crippen LogP contribution in [0.2, 0.25) is 0 Å². The Morgan fingerprint density at radius 1 is 1.56 bits per heavy atom. The Morgan fingerprint density at radius 3 is 2.94 bits per heavy atom. The van der Waals surface area contributed by atoms with E-state index in [1.165, 1.54) is 0 Å². The molecular weight excluding hydrogens is 306 g/mol. The maximum Gasteiger partial charge on any atom is 0.525 e. The van der Waals surface area contributed by atoms with Crippen molar-refractivity contribution in [3.05, 3.63) is 22.8 Å². The van der Waals surface area contributed by atoms with Gasteiger partial charge in [0.15, 0.2) is 0 Å². The van der Waals surface area contributed by atoms with Gasteiger partial charge in [0.05, 0.1) is 12.1 Å². The summed E-state index contributed by atoms with van der Waals surface area (Å²) in [5.41, 5.74) is 2.31. The fourth-order valence-electron chi connectivity index (χ4n) is 1.77. The lowest BCUT2D eigenvalue weighted by Gasteiger charge is -2.16. The number of carboxylic acid groups (broad SMARTS) is 1. The zero-order chi connectivity index (χ0) is 13.1. The van der Waals surface area contributed by atoms with Crippen molar-refractivity contribution in [2.24, 2.45) is 0 Å². The van der Waals surface area contributed by atoms with Gasteiger partial charge in [-0.2, -0.15) is 0 Å². The Kier molecular flexibility index (Phi) is 4.00. The van der Waals surface area contributed by atoms with Crippen molar-refractivity contribution in [2.45, 2.75) is 12.1 Å². The molecule has 18 heavy (non-hydrogen) atoms. The molecule has 0 amide bonds. The Balaban J connectivity index is 1.97. The highest BCUT2D eigenvalue weighted by molar-refractivity contribution is 9.10. The summed E-state index contributed by atoms with van der Waals surface area (Å²) in [6.07, 6.45) is -0.479. The molecule has 0 radical (unpaired) electrons. The summed E-state index contributed by atoms with van der Waals surface area (Å²) in [5.74, 6) is 0.719. The minimum Gasteiger partial charge on any atom is -0.448 e. The molecule has 1 aliphatic heterocycles. The number of nitrogens with zero attached hydrogens (tertiary/aromatic N) is 2. The highest BCUT2D eigenvalue weighted by atomic mass is 79.9. The first-order valence-electron chi connectivity index (χ1n) is 5.26. The molecule has 7 nitrogen and oxygen atoms in total. The fourth-order valence-corrected chi connectivity index (χ4v) is 2.01. The molecule has 1 aliphatic rings. The zero-order valence-corrected chi connectivity index (χ0v) is 10.9. The number of β-amino-alcohol motifs (C(OH)–C–C–N with tert-alkyl or cyclic N) is 1. The van der Waals surface area contributed by atoms with Gasteiger partial charge < -0.3 is 20.0 Å². The maximum atomic E-state index is 10.3. The van der Waals surface area contributed by atoms with Gasteiger partial charge in [0.2, 0.25) is 0 Å². The quantitative estimate of drug-likeness (QED) is 0.702. The standard InChI is InChI=1S/C10H12BrN3O4/c11-6-1-2-9(12-3-6)14-4-7(8(15)5-14)13-18-10(16)17/h1-3,7-8,13,15H,4-5H2,(H,16,17)/t7-,8+/m1/s1. The summed E-state index contributed by atoms with van der Waals surface area (Å²) in [6, 6.07) is 3.20. The summed E-state index contributed by atoms with van der Waals surface area (Å²) in [4.78, 5) is 20.6. The van der Waals surface area contributed by atoms with E-state index in [4.69, 9.17) is 5.11 Å². The van der Waals surface area contributed by atoms with E-state index in [2.05, 4.69) is 31.2 Å². The summed E-state index contributed by atoms with van der Waals surface area (Å²) in [5, 5.41) is 18.2. The van der Waals surface area contributed by atoms with E-state index >= 15 is 0 Å². The molecule has 0 unspecified atom stereocenters. The summed E-state index contributed by atoms with van der Waals surface area (Å²) < 4.78 is 0.870. The number of aliphatic hydroxyl groups is 1. The van der Waals surface area contributed by atoms with Crippen LogP contribution in [0.1, 0.15) is 0 Å². The Bertz CT molecular complexity index is 428. The molecule has 0 aliphatic carbocycles. The predicted molar refractivity (Wildman–Crippen MR) is 66.2 cm³/mol. The van der Waals surface area contributed by atoms with Gasteiger partial charge in [-0.25, -0.2) is 9.78 Å². The molecule has 8 heteroatoms. The van der Waals surface area contributed by atoms with E-state index in [0.717, 1.165) is 10.3 Å². The van der Waals surface area contributed by atoms with E-state index < -0.39 is 18.3 Å². The topological polar surface area (TPSA) is 94.9 Å². The molecule has 1 fully saturated rings. The smallest absolute Gasteiger partial charge is 0.448 e. The minimum absolute atomic E-state index is 0.370. The monoisotopic (exact) mass is 317 g/mol. The summed E-state index contributed by atoms with van der Waals surface area (Å²) in [7, 11) is 0. The lowest BCUT2D eigenvalue weighted by molar-refractivity contribution is 0.00889. The number of rotatable bonds is 3. The Labute approximate surface area is 111 Å². The van der Waals surface area contributed by atoms with Crippen molar-refractivity contribution in [3.8, 4) is 0 Å². The largest absolute Gasteiger partial charge is 0.525 e. The van der Waals surface area contributed by atoms with Crippen molar-refractivity contribution in [1.29, 1.82) is 0 Å². The first-order chi connectivity index (χ1) is 8.56. The number of aromatic nitrogens is 1. The number of pyridine rings is 1. The molecule has 0 aromatic carbocycles. The van der Waals surface area contributed by atoms with Gasteiger partial charge >= 0.3 is 6.16 Å². The second-order valence-electron chi connectivity index (χ2n) is 3.90. The van der Waals surface area contributed by atoms with Gasteiger partial charge in [0.25, 0.3) is 0 Å². The average Bonchev–Trinajstić information content (AvgIpc) is 2.69. The Morgan fingerprint density at radius 2 is 2.33 bits per heavy atom. The molecule has 0 spiro atoms. The van der Waals surface area contributed by atoms with Crippen LogP contribution in [-0.2, 0) is 4.84 Å². The number of halogens is 1. The number of nitrogens with one attached hydrogen (secondary N) is 1.